The van der Waals surface area contributed by atoms with Crippen LogP contribution in [-0.4, -0.2) is 36.2 Å². The van der Waals surface area contributed by atoms with Crippen molar-refractivity contribution >= 4 is 12.2 Å². The topological polar surface area (TPSA) is 63.4 Å². The molecule has 4 nitrogen and oxygen atoms in total. The van der Waals surface area contributed by atoms with Crippen LogP contribution < -0.4 is 5.73 Å². The Labute approximate surface area is 59.0 Å². The second-order valence-corrected chi connectivity index (χ2v) is 2.37. The zero-order valence-corrected chi connectivity index (χ0v) is 5.62. The molecule has 0 radical (unpaired) electrons. The van der Waals surface area contributed by atoms with E-state index in [0.717, 1.165) is 19.3 Å². The van der Waals surface area contributed by atoms with Gasteiger partial charge in [-0.05, 0) is 6.42 Å². The molecule has 10 heavy (non-hydrogen) atoms. The van der Waals surface area contributed by atoms with E-state index >= 15 is 0 Å². The van der Waals surface area contributed by atoms with Crippen LogP contribution in [0.4, 0.5) is 0 Å². The summed E-state index contributed by atoms with van der Waals surface area (Å²) in [6, 6.07) is -0.190. The number of primary amides is 1. The lowest BCUT2D eigenvalue weighted by Crippen LogP contribution is -2.55. The lowest BCUT2D eigenvalue weighted by Gasteiger charge is -2.36. The molecule has 0 spiro atoms. The van der Waals surface area contributed by atoms with Gasteiger partial charge in [0.1, 0.15) is 6.29 Å². The number of nitrogens with two attached hydrogens (primary N) is 1. The van der Waals surface area contributed by atoms with Crippen molar-refractivity contribution in [3.8, 4) is 0 Å². The Kier molecular flexibility index (Phi) is 2.01. The van der Waals surface area contributed by atoms with Crippen LogP contribution in [0.2, 0.25) is 0 Å². The smallest absolute Gasteiger partial charge is 0.234 e. The summed E-state index contributed by atoms with van der Waals surface area (Å²) in [7, 11) is 0. The van der Waals surface area contributed by atoms with Crippen molar-refractivity contribution in [3.63, 3.8) is 0 Å². The van der Waals surface area contributed by atoms with Gasteiger partial charge in [0.15, 0.2) is 0 Å². The Hall–Kier alpha value is -0.900. The van der Waals surface area contributed by atoms with E-state index in [9.17, 15) is 9.59 Å². The van der Waals surface area contributed by atoms with Gasteiger partial charge in [0.05, 0.1) is 12.6 Å². The van der Waals surface area contributed by atoms with Gasteiger partial charge in [-0.3, -0.25) is 9.69 Å². The second-order valence-electron chi connectivity index (χ2n) is 2.37. The highest BCUT2D eigenvalue weighted by atomic mass is 16.1. The summed E-state index contributed by atoms with van der Waals surface area (Å²) in [6.45, 7) is 1.14. The molecule has 4 heteroatoms. The Bertz CT molecular complexity index is 158. The Balaban J connectivity index is 2.35. The van der Waals surface area contributed by atoms with Gasteiger partial charge in [-0.2, -0.15) is 0 Å². The second kappa shape index (κ2) is 2.79. The van der Waals surface area contributed by atoms with Gasteiger partial charge < -0.3 is 10.5 Å². The zero-order chi connectivity index (χ0) is 7.56. The first-order valence-corrected chi connectivity index (χ1v) is 3.22. The Morgan fingerprint density at radius 3 is 2.80 bits per heavy atom. The minimum absolute atomic E-state index is 0.190. The van der Waals surface area contributed by atoms with Gasteiger partial charge >= 0.3 is 0 Å². The largest absolute Gasteiger partial charge is 0.368 e. The maximum atomic E-state index is 10.5. The van der Waals surface area contributed by atoms with E-state index in [0.29, 0.717) is 6.54 Å². The highest BCUT2D eigenvalue weighted by Crippen LogP contribution is 2.14. The molecule has 56 valence electrons. The van der Waals surface area contributed by atoms with E-state index < -0.39 is 0 Å². The van der Waals surface area contributed by atoms with Crippen molar-refractivity contribution in [1.29, 1.82) is 0 Å². The number of hydrogen-bond acceptors (Lipinski definition) is 3. The van der Waals surface area contributed by atoms with Crippen LogP contribution in [-0.2, 0) is 9.59 Å². The van der Waals surface area contributed by atoms with Crippen LogP contribution in [0.25, 0.3) is 0 Å². The van der Waals surface area contributed by atoms with Crippen molar-refractivity contribution in [2.75, 3.05) is 13.1 Å². The quantitative estimate of drug-likeness (QED) is 0.500. The number of carbonyl (C=O) groups is 2. The van der Waals surface area contributed by atoms with Gasteiger partial charge in [-0.25, -0.2) is 0 Å². The summed E-state index contributed by atoms with van der Waals surface area (Å²) in [5.74, 6) is -0.326. The van der Waals surface area contributed by atoms with Gasteiger partial charge in [0, 0.05) is 6.54 Å². The number of carbonyl (C=O) groups excluding carboxylic acids is 2. The monoisotopic (exact) mass is 142 g/mol. The molecular formula is C6H10N2O2. The SMILES string of the molecule is NC(=O)C1CCN1CC=O. The first-order valence-electron chi connectivity index (χ1n) is 3.22. The lowest BCUT2D eigenvalue weighted by atomic mass is 10.0. The lowest BCUT2D eigenvalue weighted by molar-refractivity contribution is -0.128. The normalized spacial score (nSPS) is 25.4. The number of likely N-dealkylation sites (tertiary alicyclic amines) is 1. The van der Waals surface area contributed by atoms with Gasteiger partial charge in [0.25, 0.3) is 0 Å². The van der Waals surface area contributed by atoms with Crippen LogP contribution in [0.5, 0.6) is 0 Å². The molecule has 0 aromatic carbocycles. The van der Waals surface area contributed by atoms with E-state index in [1.165, 1.54) is 0 Å². The van der Waals surface area contributed by atoms with Crippen molar-refractivity contribution < 1.29 is 9.59 Å². The molecule has 1 heterocycles. The standard InChI is InChI=1S/C6H10N2O2/c7-6(10)5-1-2-8(5)3-4-9/h4-5H,1-3H2,(H2,7,10). The summed E-state index contributed by atoms with van der Waals surface area (Å²) in [5.41, 5.74) is 5.02. The van der Waals surface area contributed by atoms with Crippen LogP contribution in [0.15, 0.2) is 0 Å². The van der Waals surface area contributed by atoms with Crippen LogP contribution in [0, 0.1) is 0 Å². The van der Waals surface area contributed by atoms with Crippen LogP contribution in [0.1, 0.15) is 6.42 Å². The molecule has 1 aliphatic rings. The fourth-order valence-electron chi connectivity index (χ4n) is 1.08. The van der Waals surface area contributed by atoms with E-state index in [1.54, 1.807) is 4.90 Å². The van der Waals surface area contributed by atoms with Gasteiger partial charge in [0.2, 0.25) is 5.91 Å². The highest BCUT2D eigenvalue weighted by Gasteiger charge is 2.31. The average molecular weight is 142 g/mol. The maximum Gasteiger partial charge on any atom is 0.234 e. The highest BCUT2D eigenvalue weighted by molar-refractivity contribution is 5.81. The minimum atomic E-state index is -0.326. The van der Waals surface area contributed by atoms with Crippen molar-refractivity contribution in [3.05, 3.63) is 0 Å². The van der Waals surface area contributed by atoms with E-state index in [4.69, 9.17) is 5.73 Å². The first-order chi connectivity index (χ1) is 4.75. The van der Waals surface area contributed by atoms with E-state index in [2.05, 4.69) is 0 Å². The predicted molar refractivity (Wildman–Crippen MR) is 35.2 cm³/mol. The molecule has 0 aromatic heterocycles. The molecule has 1 saturated heterocycles. The van der Waals surface area contributed by atoms with Crippen LogP contribution >= 0.6 is 0 Å². The van der Waals surface area contributed by atoms with Crippen molar-refractivity contribution in [1.82, 2.24) is 4.90 Å². The molecule has 2 N–H and O–H groups in total. The summed E-state index contributed by atoms with van der Waals surface area (Å²) in [6.07, 6.45) is 1.58. The zero-order valence-electron chi connectivity index (χ0n) is 5.62. The third kappa shape index (κ3) is 1.16. The average Bonchev–Trinajstić information content (AvgIpc) is 1.78. The molecule has 1 unspecified atom stereocenters. The van der Waals surface area contributed by atoms with E-state index in [-0.39, 0.29) is 11.9 Å². The molecule has 1 amide bonds. The third-order valence-electron chi connectivity index (χ3n) is 1.77. The van der Waals surface area contributed by atoms with E-state index in [1.807, 2.05) is 0 Å². The molecule has 0 saturated carbocycles. The number of hydrogen-bond donors (Lipinski definition) is 1. The van der Waals surface area contributed by atoms with Gasteiger partial charge in [-0.1, -0.05) is 0 Å². The van der Waals surface area contributed by atoms with Crippen LogP contribution in [0.3, 0.4) is 0 Å². The first kappa shape index (κ1) is 7.21. The number of nitrogens with zero attached hydrogens (tertiary/aromatic N) is 1. The molecule has 1 aliphatic heterocycles. The fraction of sp³-hybridized carbons (Fsp3) is 0.667. The summed E-state index contributed by atoms with van der Waals surface area (Å²) in [4.78, 5) is 22.3. The minimum Gasteiger partial charge on any atom is -0.368 e. The molecule has 1 rings (SSSR count). The van der Waals surface area contributed by atoms with Crippen molar-refractivity contribution in [2.45, 2.75) is 12.5 Å². The molecule has 0 bridgehead atoms. The molecular weight excluding hydrogens is 132 g/mol. The van der Waals surface area contributed by atoms with Gasteiger partial charge in [-0.15, -0.1) is 0 Å². The van der Waals surface area contributed by atoms with Crippen molar-refractivity contribution in [2.24, 2.45) is 5.73 Å². The summed E-state index contributed by atoms with van der Waals surface area (Å²) >= 11 is 0. The maximum absolute atomic E-state index is 10.5. The molecule has 1 atom stereocenters. The third-order valence-corrected chi connectivity index (χ3v) is 1.77. The summed E-state index contributed by atoms with van der Waals surface area (Å²) in [5, 5.41) is 0. The Morgan fingerprint density at radius 1 is 1.80 bits per heavy atom. The summed E-state index contributed by atoms with van der Waals surface area (Å²) < 4.78 is 0. The predicted octanol–water partition coefficient (Wildman–Crippen LogP) is -1.26. The Morgan fingerprint density at radius 2 is 2.50 bits per heavy atom. The number of amides is 1. The fourth-order valence-corrected chi connectivity index (χ4v) is 1.08. The number of aldehydes is 1. The molecule has 1 fully saturated rings. The molecule has 0 aliphatic carbocycles. The molecule has 0 aromatic rings. The number of rotatable bonds is 3.